The number of benzene rings is 1. The van der Waals surface area contributed by atoms with Crippen LogP contribution in [-0.4, -0.2) is 19.3 Å². The van der Waals surface area contributed by atoms with Crippen molar-refractivity contribution < 1.29 is 13.2 Å². The van der Waals surface area contributed by atoms with Crippen LogP contribution in [0.5, 0.6) is 0 Å². The lowest BCUT2D eigenvalue weighted by Gasteiger charge is -2.05. The molecule has 0 fully saturated rings. The maximum Gasteiger partial charge on any atom is 0.272 e. The molecular formula is C13H15N3O3S. The Bertz CT molecular complexity index is 746. The maximum absolute atomic E-state index is 12.0. The van der Waals surface area contributed by atoms with E-state index in [-0.39, 0.29) is 10.8 Å². The molecule has 7 heteroatoms. The fraction of sp³-hybridized carbons (Fsp3) is 0.154. The minimum atomic E-state index is -3.72. The van der Waals surface area contributed by atoms with Crippen LogP contribution in [0.25, 0.3) is 0 Å². The molecule has 0 aliphatic rings. The van der Waals surface area contributed by atoms with Gasteiger partial charge < -0.3 is 10.3 Å². The van der Waals surface area contributed by atoms with Crippen molar-refractivity contribution in [2.24, 2.45) is 5.14 Å². The van der Waals surface area contributed by atoms with E-state index in [1.165, 1.54) is 24.3 Å². The first-order chi connectivity index (χ1) is 9.27. The number of nitrogens with two attached hydrogens (primary N) is 1. The van der Waals surface area contributed by atoms with E-state index in [0.29, 0.717) is 11.4 Å². The number of amides is 1. The number of H-pyrrole nitrogens is 1. The molecule has 0 aliphatic carbocycles. The molecule has 1 aromatic heterocycles. The molecule has 6 nitrogen and oxygen atoms in total. The highest BCUT2D eigenvalue weighted by atomic mass is 32.2. The summed E-state index contributed by atoms with van der Waals surface area (Å²) in [6.45, 7) is 3.70. The molecule has 2 aromatic rings. The second-order valence-electron chi connectivity index (χ2n) is 4.53. The van der Waals surface area contributed by atoms with Crippen LogP contribution in [-0.2, 0) is 10.0 Å². The number of rotatable bonds is 3. The molecule has 0 saturated heterocycles. The minimum absolute atomic E-state index is 0.00222. The van der Waals surface area contributed by atoms with Crippen molar-refractivity contribution in [1.29, 1.82) is 0 Å². The van der Waals surface area contributed by atoms with E-state index in [1.54, 1.807) is 0 Å². The maximum atomic E-state index is 12.0. The van der Waals surface area contributed by atoms with Crippen LogP contribution in [0.2, 0.25) is 0 Å². The molecule has 0 spiro atoms. The summed E-state index contributed by atoms with van der Waals surface area (Å²) in [5.41, 5.74) is 2.73. The first-order valence-corrected chi connectivity index (χ1v) is 7.42. The fourth-order valence-corrected chi connectivity index (χ4v) is 2.40. The number of hydrogen-bond acceptors (Lipinski definition) is 3. The molecule has 0 saturated carbocycles. The van der Waals surface area contributed by atoms with Gasteiger partial charge in [0, 0.05) is 11.4 Å². The standard InChI is InChI=1S/C13H15N3O3S/c1-8-7-9(2)15-12(8)13(17)16-10-3-5-11(6-4-10)20(14,18)19/h3-7,15H,1-2H3,(H,16,17)(H2,14,18,19). The van der Waals surface area contributed by atoms with Crippen molar-refractivity contribution in [1.82, 2.24) is 4.98 Å². The zero-order valence-electron chi connectivity index (χ0n) is 11.1. The molecule has 2 rings (SSSR count). The van der Waals surface area contributed by atoms with Crippen molar-refractivity contribution >= 4 is 21.6 Å². The number of aromatic amines is 1. The van der Waals surface area contributed by atoms with Gasteiger partial charge in [0.1, 0.15) is 5.69 Å². The summed E-state index contributed by atoms with van der Waals surface area (Å²) < 4.78 is 22.2. The number of carbonyl (C=O) groups excluding carboxylic acids is 1. The van der Waals surface area contributed by atoms with E-state index in [1.807, 2.05) is 19.9 Å². The number of primary sulfonamides is 1. The molecule has 1 amide bonds. The number of aryl methyl sites for hydroxylation is 2. The predicted molar refractivity (Wildman–Crippen MR) is 76.0 cm³/mol. The van der Waals surface area contributed by atoms with Crippen LogP contribution in [0.15, 0.2) is 35.2 Å². The highest BCUT2D eigenvalue weighted by molar-refractivity contribution is 7.89. The van der Waals surface area contributed by atoms with Gasteiger partial charge in [0.15, 0.2) is 0 Å². The van der Waals surface area contributed by atoms with Crippen molar-refractivity contribution in [2.45, 2.75) is 18.7 Å². The quantitative estimate of drug-likeness (QED) is 0.799. The highest BCUT2D eigenvalue weighted by Gasteiger charge is 2.12. The van der Waals surface area contributed by atoms with E-state index >= 15 is 0 Å². The van der Waals surface area contributed by atoms with Gasteiger partial charge in [0.25, 0.3) is 5.91 Å². The Balaban J connectivity index is 2.18. The third-order valence-electron chi connectivity index (χ3n) is 2.82. The first-order valence-electron chi connectivity index (χ1n) is 5.88. The van der Waals surface area contributed by atoms with Crippen molar-refractivity contribution in [2.75, 3.05) is 5.32 Å². The smallest absolute Gasteiger partial charge is 0.272 e. The molecular weight excluding hydrogens is 278 g/mol. The first kappa shape index (κ1) is 14.3. The van der Waals surface area contributed by atoms with Crippen molar-refractivity contribution in [3.05, 3.63) is 47.3 Å². The van der Waals surface area contributed by atoms with Crippen LogP contribution < -0.4 is 10.5 Å². The van der Waals surface area contributed by atoms with Gasteiger partial charge in [-0.15, -0.1) is 0 Å². The molecule has 0 atom stereocenters. The summed E-state index contributed by atoms with van der Waals surface area (Å²) >= 11 is 0. The van der Waals surface area contributed by atoms with E-state index in [4.69, 9.17) is 5.14 Å². The number of sulfonamides is 1. The monoisotopic (exact) mass is 293 g/mol. The Kier molecular flexibility index (Phi) is 3.65. The Morgan fingerprint density at radius 2 is 1.80 bits per heavy atom. The largest absolute Gasteiger partial charge is 0.354 e. The molecule has 106 valence electrons. The zero-order valence-corrected chi connectivity index (χ0v) is 11.9. The molecule has 0 unspecified atom stereocenters. The van der Waals surface area contributed by atoms with Crippen LogP contribution in [0.3, 0.4) is 0 Å². The fourth-order valence-electron chi connectivity index (χ4n) is 1.89. The number of aromatic nitrogens is 1. The summed E-state index contributed by atoms with van der Waals surface area (Å²) in [6, 6.07) is 7.54. The SMILES string of the molecule is Cc1cc(C)c(C(=O)Nc2ccc(S(N)(=O)=O)cc2)[nH]1. The number of nitrogens with one attached hydrogen (secondary N) is 2. The van der Waals surface area contributed by atoms with Crippen molar-refractivity contribution in [3.8, 4) is 0 Å². The summed E-state index contributed by atoms with van der Waals surface area (Å²) in [6.07, 6.45) is 0. The highest BCUT2D eigenvalue weighted by Crippen LogP contribution is 2.15. The molecule has 20 heavy (non-hydrogen) atoms. The van der Waals surface area contributed by atoms with Crippen LogP contribution in [0, 0.1) is 13.8 Å². The molecule has 4 N–H and O–H groups in total. The summed E-state index contributed by atoms with van der Waals surface area (Å²) in [7, 11) is -3.72. The molecule has 0 bridgehead atoms. The lowest BCUT2D eigenvalue weighted by atomic mass is 10.2. The molecule has 1 heterocycles. The Labute approximate surface area is 117 Å². The normalized spacial score (nSPS) is 11.3. The summed E-state index contributed by atoms with van der Waals surface area (Å²) in [4.78, 5) is 15.0. The van der Waals surface area contributed by atoms with Gasteiger partial charge in [0.2, 0.25) is 10.0 Å². The average Bonchev–Trinajstić information content (AvgIpc) is 2.68. The van der Waals surface area contributed by atoms with E-state index in [0.717, 1.165) is 11.3 Å². The van der Waals surface area contributed by atoms with Gasteiger partial charge in [-0.05, 0) is 49.7 Å². The Morgan fingerprint density at radius 1 is 1.20 bits per heavy atom. The minimum Gasteiger partial charge on any atom is -0.354 e. The summed E-state index contributed by atoms with van der Waals surface area (Å²) in [5.74, 6) is -0.279. The number of anilines is 1. The predicted octanol–water partition coefficient (Wildman–Crippen LogP) is 1.53. The lowest BCUT2D eigenvalue weighted by molar-refractivity contribution is 0.102. The molecule has 0 radical (unpaired) electrons. The molecule has 1 aromatic carbocycles. The third kappa shape index (κ3) is 3.06. The number of hydrogen-bond donors (Lipinski definition) is 3. The van der Waals surface area contributed by atoms with Gasteiger partial charge in [-0.25, -0.2) is 13.6 Å². The Hall–Kier alpha value is -2.12. The third-order valence-corrected chi connectivity index (χ3v) is 3.75. The van der Waals surface area contributed by atoms with E-state index in [2.05, 4.69) is 10.3 Å². The Morgan fingerprint density at radius 3 is 2.25 bits per heavy atom. The number of carbonyl (C=O) groups is 1. The van der Waals surface area contributed by atoms with Crippen LogP contribution in [0.4, 0.5) is 5.69 Å². The van der Waals surface area contributed by atoms with Gasteiger partial charge in [-0.3, -0.25) is 4.79 Å². The van der Waals surface area contributed by atoms with E-state index < -0.39 is 10.0 Å². The second-order valence-corrected chi connectivity index (χ2v) is 6.10. The van der Waals surface area contributed by atoms with Crippen LogP contribution >= 0.6 is 0 Å². The van der Waals surface area contributed by atoms with Crippen LogP contribution in [0.1, 0.15) is 21.7 Å². The topological polar surface area (TPSA) is 105 Å². The van der Waals surface area contributed by atoms with Gasteiger partial charge >= 0.3 is 0 Å². The second kappa shape index (κ2) is 5.10. The van der Waals surface area contributed by atoms with Gasteiger partial charge in [-0.1, -0.05) is 0 Å². The zero-order chi connectivity index (χ0) is 14.9. The van der Waals surface area contributed by atoms with Gasteiger partial charge in [-0.2, -0.15) is 0 Å². The van der Waals surface area contributed by atoms with Crippen molar-refractivity contribution in [3.63, 3.8) is 0 Å². The summed E-state index contributed by atoms with van der Waals surface area (Å²) in [5, 5.41) is 7.69. The molecule has 0 aliphatic heterocycles. The lowest BCUT2D eigenvalue weighted by Crippen LogP contribution is -2.14. The average molecular weight is 293 g/mol. The van der Waals surface area contributed by atoms with Gasteiger partial charge in [0.05, 0.1) is 4.90 Å². The van der Waals surface area contributed by atoms with E-state index in [9.17, 15) is 13.2 Å².